The lowest BCUT2D eigenvalue weighted by atomic mass is 9.80. The maximum atomic E-state index is 12.7. The molecule has 2 aliphatic heterocycles. The molecular formula is C23H33N3O3. The molecule has 2 heterocycles. The molecule has 6 heteroatoms. The van der Waals surface area contributed by atoms with Crippen molar-refractivity contribution in [2.45, 2.75) is 64.1 Å². The zero-order valence-electron chi connectivity index (χ0n) is 17.6. The Hall–Kier alpha value is -2.08. The Labute approximate surface area is 173 Å². The van der Waals surface area contributed by atoms with E-state index in [-0.39, 0.29) is 29.6 Å². The smallest absolute Gasteiger partial charge is 0.321 e. The number of urea groups is 1. The van der Waals surface area contributed by atoms with Gasteiger partial charge in [0.15, 0.2) is 0 Å². The maximum Gasteiger partial charge on any atom is 0.321 e. The summed E-state index contributed by atoms with van der Waals surface area (Å²) in [6.45, 7) is 6.34. The highest BCUT2D eigenvalue weighted by Gasteiger charge is 2.49. The average Bonchev–Trinajstić information content (AvgIpc) is 3.47. The molecule has 2 saturated heterocycles. The Morgan fingerprint density at radius 1 is 1.17 bits per heavy atom. The monoisotopic (exact) mass is 399 g/mol. The summed E-state index contributed by atoms with van der Waals surface area (Å²) in [6.07, 6.45) is 5.55. The highest BCUT2D eigenvalue weighted by molar-refractivity contribution is 5.89. The number of carbonyl (C=O) groups is 2. The van der Waals surface area contributed by atoms with Gasteiger partial charge in [-0.25, -0.2) is 4.79 Å². The van der Waals surface area contributed by atoms with E-state index in [0.717, 1.165) is 37.9 Å². The molecule has 0 aromatic heterocycles. The molecule has 0 unspecified atom stereocenters. The van der Waals surface area contributed by atoms with Gasteiger partial charge in [-0.2, -0.15) is 0 Å². The van der Waals surface area contributed by atoms with Crippen molar-refractivity contribution in [1.29, 1.82) is 0 Å². The Balaban J connectivity index is 1.29. The van der Waals surface area contributed by atoms with Crippen molar-refractivity contribution in [3.05, 3.63) is 29.8 Å². The van der Waals surface area contributed by atoms with E-state index in [1.165, 1.54) is 18.4 Å². The summed E-state index contributed by atoms with van der Waals surface area (Å²) in [5, 5.41) is 6.05. The second kappa shape index (κ2) is 8.34. The van der Waals surface area contributed by atoms with Crippen LogP contribution >= 0.6 is 0 Å². The largest absolute Gasteiger partial charge is 0.362 e. The third kappa shape index (κ3) is 4.58. The second-order valence-corrected chi connectivity index (χ2v) is 8.98. The minimum Gasteiger partial charge on any atom is -0.362 e. The molecule has 1 aromatic rings. The summed E-state index contributed by atoms with van der Waals surface area (Å²) in [4.78, 5) is 27.0. The number of hydrogen-bond acceptors (Lipinski definition) is 3. The number of rotatable bonds is 5. The zero-order chi connectivity index (χ0) is 20.4. The maximum absolute atomic E-state index is 12.7. The van der Waals surface area contributed by atoms with Crippen LogP contribution in [0.2, 0.25) is 0 Å². The number of likely N-dealkylation sites (tertiary alicyclic amines) is 1. The van der Waals surface area contributed by atoms with Crippen molar-refractivity contribution >= 4 is 17.6 Å². The Bertz CT molecular complexity index is 746. The Morgan fingerprint density at radius 3 is 2.59 bits per heavy atom. The van der Waals surface area contributed by atoms with Crippen LogP contribution in [0, 0.1) is 11.8 Å². The van der Waals surface area contributed by atoms with E-state index >= 15 is 0 Å². The van der Waals surface area contributed by atoms with E-state index in [4.69, 9.17) is 4.74 Å². The summed E-state index contributed by atoms with van der Waals surface area (Å²) < 4.78 is 6.32. The summed E-state index contributed by atoms with van der Waals surface area (Å²) in [7, 11) is 0. The normalized spacial score (nSPS) is 29.1. The molecule has 3 amide bonds. The predicted octanol–water partition coefficient (Wildman–Crippen LogP) is 3.57. The molecule has 2 N–H and O–H groups in total. The van der Waals surface area contributed by atoms with Gasteiger partial charge < -0.3 is 20.3 Å². The molecule has 1 aromatic carbocycles. The molecular weight excluding hydrogens is 366 g/mol. The third-order valence-corrected chi connectivity index (χ3v) is 6.86. The van der Waals surface area contributed by atoms with Crippen LogP contribution in [0.25, 0.3) is 0 Å². The molecule has 0 bridgehead atoms. The topological polar surface area (TPSA) is 70.7 Å². The van der Waals surface area contributed by atoms with E-state index in [0.29, 0.717) is 19.0 Å². The molecule has 1 saturated carbocycles. The standard InChI is InChI=1S/C23H33N3O3/c1-3-17-6-8-19(9-7-17)25-22(28)26-13-12-23(16(2)15-26)11-10-20(29-23)21(27)24-14-18-4-5-18/h6-9,16,18,20H,3-5,10-15H2,1-2H3,(H,24,27)(H,25,28)/t16-,20+,23-/m1/s1. The van der Waals surface area contributed by atoms with Gasteiger partial charge in [0.2, 0.25) is 5.91 Å². The van der Waals surface area contributed by atoms with E-state index in [2.05, 4.69) is 24.5 Å². The van der Waals surface area contributed by atoms with Crippen molar-refractivity contribution in [2.24, 2.45) is 11.8 Å². The van der Waals surface area contributed by atoms with Gasteiger partial charge in [0.05, 0.1) is 5.60 Å². The Morgan fingerprint density at radius 2 is 1.93 bits per heavy atom. The molecule has 29 heavy (non-hydrogen) atoms. The third-order valence-electron chi connectivity index (χ3n) is 6.86. The molecule has 3 atom stereocenters. The van der Waals surface area contributed by atoms with Gasteiger partial charge in [-0.3, -0.25) is 4.79 Å². The lowest BCUT2D eigenvalue weighted by Crippen LogP contribution is -2.54. The van der Waals surface area contributed by atoms with Crippen molar-refractivity contribution in [1.82, 2.24) is 10.2 Å². The van der Waals surface area contributed by atoms with Crippen molar-refractivity contribution in [2.75, 3.05) is 25.0 Å². The number of benzene rings is 1. The SMILES string of the molecule is CCc1ccc(NC(=O)N2CC[C@]3(CC[C@@H](C(=O)NCC4CC4)O3)[C@H](C)C2)cc1. The van der Waals surface area contributed by atoms with Gasteiger partial charge in [-0.1, -0.05) is 26.0 Å². The number of nitrogens with zero attached hydrogens (tertiary/aromatic N) is 1. The lowest BCUT2D eigenvalue weighted by molar-refractivity contribution is -0.146. The van der Waals surface area contributed by atoms with Crippen LogP contribution in [0.1, 0.15) is 51.5 Å². The van der Waals surface area contributed by atoms with Gasteiger partial charge in [-0.15, -0.1) is 0 Å². The van der Waals surface area contributed by atoms with Crippen LogP contribution in [0.3, 0.4) is 0 Å². The number of piperidine rings is 1. The first-order chi connectivity index (χ1) is 14.0. The van der Waals surface area contributed by atoms with Crippen LogP contribution in [-0.4, -0.2) is 48.2 Å². The van der Waals surface area contributed by atoms with Crippen LogP contribution in [0.4, 0.5) is 10.5 Å². The van der Waals surface area contributed by atoms with Crippen LogP contribution in [-0.2, 0) is 16.0 Å². The molecule has 1 aliphatic carbocycles. The first-order valence-corrected chi connectivity index (χ1v) is 11.1. The predicted molar refractivity (Wildman–Crippen MR) is 113 cm³/mol. The quantitative estimate of drug-likeness (QED) is 0.795. The van der Waals surface area contributed by atoms with Gasteiger partial charge in [0.25, 0.3) is 0 Å². The number of aryl methyl sites for hydroxylation is 1. The van der Waals surface area contributed by atoms with Gasteiger partial charge in [0, 0.05) is 31.2 Å². The van der Waals surface area contributed by atoms with Crippen LogP contribution in [0.5, 0.6) is 0 Å². The lowest BCUT2D eigenvalue weighted by Gasteiger charge is -2.44. The van der Waals surface area contributed by atoms with E-state index in [1.807, 2.05) is 29.2 Å². The first-order valence-electron chi connectivity index (χ1n) is 11.1. The average molecular weight is 400 g/mol. The molecule has 1 spiro atoms. The molecule has 4 rings (SSSR count). The molecule has 0 radical (unpaired) electrons. The minimum atomic E-state index is -0.339. The molecule has 158 valence electrons. The highest BCUT2D eigenvalue weighted by Crippen LogP contribution is 2.42. The van der Waals surface area contributed by atoms with Gasteiger partial charge in [-0.05, 0) is 62.1 Å². The molecule has 6 nitrogen and oxygen atoms in total. The minimum absolute atomic E-state index is 0.0386. The van der Waals surface area contributed by atoms with E-state index in [1.54, 1.807) is 0 Å². The number of anilines is 1. The van der Waals surface area contributed by atoms with E-state index in [9.17, 15) is 9.59 Å². The van der Waals surface area contributed by atoms with Crippen LogP contribution in [0.15, 0.2) is 24.3 Å². The number of amides is 3. The fraction of sp³-hybridized carbons (Fsp3) is 0.652. The molecule has 3 aliphatic rings. The second-order valence-electron chi connectivity index (χ2n) is 8.98. The Kier molecular flexibility index (Phi) is 5.81. The highest BCUT2D eigenvalue weighted by atomic mass is 16.5. The fourth-order valence-corrected chi connectivity index (χ4v) is 4.56. The van der Waals surface area contributed by atoms with Crippen LogP contribution < -0.4 is 10.6 Å². The van der Waals surface area contributed by atoms with E-state index < -0.39 is 0 Å². The first kappa shape index (κ1) is 20.2. The van der Waals surface area contributed by atoms with Gasteiger partial charge >= 0.3 is 6.03 Å². The molecule has 3 fully saturated rings. The summed E-state index contributed by atoms with van der Waals surface area (Å²) in [6, 6.07) is 7.94. The number of nitrogens with one attached hydrogen (secondary N) is 2. The summed E-state index contributed by atoms with van der Waals surface area (Å²) >= 11 is 0. The number of ether oxygens (including phenoxy) is 1. The summed E-state index contributed by atoms with van der Waals surface area (Å²) in [5.74, 6) is 0.913. The van der Waals surface area contributed by atoms with Gasteiger partial charge in [0.1, 0.15) is 6.10 Å². The fourth-order valence-electron chi connectivity index (χ4n) is 4.56. The summed E-state index contributed by atoms with van der Waals surface area (Å²) in [5.41, 5.74) is 1.80. The number of hydrogen-bond donors (Lipinski definition) is 2. The van der Waals surface area contributed by atoms with Crippen molar-refractivity contribution in [3.8, 4) is 0 Å². The van der Waals surface area contributed by atoms with Crippen molar-refractivity contribution < 1.29 is 14.3 Å². The zero-order valence-corrected chi connectivity index (χ0v) is 17.6. The number of carbonyl (C=O) groups excluding carboxylic acids is 2. The van der Waals surface area contributed by atoms with Crippen molar-refractivity contribution in [3.63, 3.8) is 0 Å².